The van der Waals surface area contributed by atoms with E-state index in [1.807, 2.05) is 0 Å². The molecule has 0 radical (unpaired) electrons. The van der Waals surface area contributed by atoms with Crippen LogP contribution < -0.4 is 19.9 Å². The number of rotatable bonds is 5. The van der Waals surface area contributed by atoms with Gasteiger partial charge in [0, 0.05) is 12.2 Å². The van der Waals surface area contributed by atoms with E-state index in [2.05, 4.69) is 15.5 Å². The van der Waals surface area contributed by atoms with Crippen molar-refractivity contribution >= 4 is 38.9 Å². The van der Waals surface area contributed by atoms with E-state index in [-0.39, 0.29) is 33.4 Å². The van der Waals surface area contributed by atoms with E-state index >= 15 is 0 Å². The summed E-state index contributed by atoms with van der Waals surface area (Å²) in [4.78, 5) is 12.2. The molecule has 3 aromatic carbocycles. The molecule has 0 fully saturated rings. The number of carbonyl (C=O) groups excluding carboxylic acids is 1. The van der Waals surface area contributed by atoms with Crippen molar-refractivity contribution in [1.82, 2.24) is 5.43 Å². The molecular formula is C21H14ClF4N3O4S. The molecule has 0 unspecified atom stereocenters. The predicted molar refractivity (Wildman–Crippen MR) is 115 cm³/mol. The number of nitrogens with one attached hydrogen (secondary N) is 2. The average molecular weight is 516 g/mol. The Bertz CT molecular complexity index is 1350. The molecular weight excluding hydrogens is 502 g/mol. The summed E-state index contributed by atoms with van der Waals surface area (Å²) in [5.74, 6) is -2.23. The second kappa shape index (κ2) is 8.78. The third-order valence-electron chi connectivity index (χ3n) is 4.76. The van der Waals surface area contributed by atoms with E-state index in [0.717, 1.165) is 34.7 Å². The van der Waals surface area contributed by atoms with E-state index in [1.165, 1.54) is 24.3 Å². The highest BCUT2D eigenvalue weighted by Crippen LogP contribution is 2.34. The van der Waals surface area contributed by atoms with Crippen molar-refractivity contribution in [2.24, 2.45) is 0 Å². The number of ether oxygens (including phenoxy) is 1. The zero-order chi connectivity index (χ0) is 24.7. The SMILES string of the molecule is O=C(Nc1ccc2c(c1)N(S(=O)(=O)c1ccc(OC(F)(F)F)cc1)NC2)c1c(F)cccc1Cl. The van der Waals surface area contributed by atoms with Crippen LogP contribution in [0.15, 0.2) is 65.6 Å². The molecule has 1 heterocycles. The van der Waals surface area contributed by atoms with Crippen LogP contribution in [-0.2, 0) is 16.6 Å². The second-order valence-electron chi connectivity index (χ2n) is 7.02. The highest BCUT2D eigenvalue weighted by molar-refractivity contribution is 7.92. The number of hydrogen-bond donors (Lipinski definition) is 2. The molecule has 0 aliphatic carbocycles. The van der Waals surface area contributed by atoms with Gasteiger partial charge < -0.3 is 10.1 Å². The number of benzene rings is 3. The zero-order valence-electron chi connectivity index (χ0n) is 16.9. The van der Waals surface area contributed by atoms with E-state index in [1.54, 1.807) is 6.07 Å². The normalized spacial score (nSPS) is 13.5. The predicted octanol–water partition coefficient (Wildman–Crippen LogP) is 4.84. The number of anilines is 2. The Morgan fingerprint density at radius 3 is 2.44 bits per heavy atom. The van der Waals surface area contributed by atoms with Gasteiger partial charge in [-0.05, 0) is 54.1 Å². The number of fused-ring (bicyclic) bond motifs is 1. The fourth-order valence-electron chi connectivity index (χ4n) is 3.26. The summed E-state index contributed by atoms with van der Waals surface area (Å²) in [5.41, 5.74) is 3.23. The number of hydrogen-bond acceptors (Lipinski definition) is 5. The first-order valence-electron chi connectivity index (χ1n) is 9.49. The molecule has 4 rings (SSSR count). The van der Waals surface area contributed by atoms with Crippen molar-refractivity contribution in [1.29, 1.82) is 0 Å². The summed E-state index contributed by atoms with van der Waals surface area (Å²) in [6.45, 7) is 0.136. The second-order valence-corrected chi connectivity index (χ2v) is 9.21. The lowest BCUT2D eigenvalue weighted by Crippen LogP contribution is -2.38. The minimum atomic E-state index is -4.91. The van der Waals surface area contributed by atoms with Crippen molar-refractivity contribution in [3.8, 4) is 5.75 Å². The first-order valence-corrected chi connectivity index (χ1v) is 11.3. The van der Waals surface area contributed by atoms with Crippen LogP contribution in [0, 0.1) is 5.82 Å². The maximum Gasteiger partial charge on any atom is 0.573 e. The van der Waals surface area contributed by atoms with E-state index < -0.39 is 33.9 Å². The van der Waals surface area contributed by atoms with Gasteiger partial charge in [-0.25, -0.2) is 9.82 Å². The molecule has 7 nitrogen and oxygen atoms in total. The standard InChI is InChI=1S/C21H14ClF4N3O4S/c22-16-2-1-3-17(23)19(16)20(30)28-13-5-4-12-11-27-29(18(12)10-13)34(31,32)15-8-6-14(7-9-15)33-21(24,25)26/h1-10,27H,11H2,(H,28,30). The van der Waals surface area contributed by atoms with Gasteiger partial charge in [-0.3, -0.25) is 4.79 Å². The minimum absolute atomic E-state index is 0.0949. The number of amides is 1. The molecule has 178 valence electrons. The van der Waals surface area contributed by atoms with Gasteiger partial charge in [-0.1, -0.05) is 23.7 Å². The fourth-order valence-corrected chi connectivity index (χ4v) is 4.87. The molecule has 0 bridgehead atoms. The molecule has 0 aromatic heterocycles. The number of sulfonamides is 1. The van der Waals surface area contributed by atoms with Crippen LogP contribution >= 0.6 is 11.6 Å². The maximum absolute atomic E-state index is 14.0. The lowest BCUT2D eigenvalue weighted by atomic mass is 10.1. The van der Waals surface area contributed by atoms with Crippen LogP contribution in [0.5, 0.6) is 5.75 Å². The van der Waals surface area contributed by atoms with Crippen molar-refractivity contribution < 1.29 is 35.5 Å². The van der Waals surface area contributed by atoms with Crippen LogP contribution in [0.1, 0.15) is 15.9 Å². The summed E-state index contributed by atoms with van der Waals surface area (Å²) >= 11 is 5.91. The van der Waals surface area contributed by atoms with Gasteiger partial charge in [0.2, 0.25) is 0 Å². The summed E-state index contributed by atoms with van der Waals surface area (Å²) in [6.07, 6.45) is -4.91. The molecule has 0 spiro atoms. The van der Waals surface area contributed by atoms with Gasteiger partial charge in [-0.15, -0.1) is 13.2 Å². The molecule has 13 heteroatoms. The third kappa shape index (κ3) is 4.79. The van der Waals surface area contributed by atoms with Crippen LogP contribution in [0.4, 0.5) is 28.9 Å². The van der Waals surface area contributed by atoms with Gasteiger partial charge in [0.25, 0.3) is 15.9 Å². The molecule has 1 aliphatic rings. The summed E-state index contributed by atoms with van der Waals surface area (Å²) in [6, 6.07) is 11.9. The topological polar surface area (TPSA) is 87.7 Å². The van der Waals surface area contributed by atoms with Crippen LogP contribution in [0.25, 0.3) is 0 Å². The number of halogens is 5. The van der Waals surface area contributed by atoms with Gasteiger partial charge in [0.15, 0.2) is 0 Å². The van der Waals surface area contributed by atoms with Crippen molar-refractivity contribution in [2.45, 2.75) is 17.8 Å². The quantitative estimate of drug-likeness (QED) is 0.475. The summed E-state index contributed by atoms with van der Waals surface area (Å²) in [7, 11) is -4.23. The molecule has 1 aliphatic heterocycles. The van der Waals surface area contributed by atoms with E-state index in [0.29, 0.717) is 5.56 Å². The molecule has 0 saturated heterocycles. The van der Waals surface area contributed by atoms with E-state index in [4.69, 9.17) is 11.6 Å². The molecule has 0 saturated carbocycles. The maximum atomic E-state index is 14.0. The van der Waals surface area contributed by atoms with Crippen LogP contribution in [0.2, 0.25) is 5.02 Å². The van der Waals surface area contributed by atoms with Crippen molar-refractivity contribution in [3.63, 3.8) is 0 Å². The summed E-state index contributed by atoms with van der Waals surface area (Å²) in [5, 5.41) is 2.38. The minimum Gasteiger partial charge on any atom is -0.406 e. The van der Waals surface area contributed by atoms with Crippen molar-refractivity contribution in [2.75, 3.05) is 9.73 Å². The Kier molecular flexibility index (Phi) is 6.14. The monoisotopic (exact) mass is 515 g/mol. The smallest absolute Gasteiger partial charge is 0.406 e. The first-order chi connectivity index (χ1) is 16.0. The Balaban J connectivity index is 1.59. The number of carbonyl (C=O) groups is 1. The zero-order valence-corrected chi connectivity index (χ0v) is 18.4. The molecule has 1 amide bonds. The lowest BCUT2D eigenvalue weighted by Gasteiger charge is -2.20. The number of hydrazine groups is 1. The number of alkyl halides is 3. The third-order valence-corrected chi connectivity index (χ3v) is 6.75. The first kappa shape index (κ1) is 23.8. The molecule has 0 atom stereocenters. The van der Waals surface area contributed by atoms with Crippen molar-refractivity contribution in [3.05, 3.63) is 82.6 Å². The highest BCUT2D eigenvalue weighted by Gasteiger charge is 2.33. The van der Waals surface area contributed by atoms with Crippen LogP contribution in [0.3, 0.4) is 0 Å². The van der Waals surface area contributed by atoms with Gasteiger partial charge in [0.1, 0.15) is 11.6 Å². The lowest BCUT2D eigenvalue weighted by molar-refractivity contribution is -0.274. The van der Waals surface area contributed by atoms with Crippen LogP contribution in [-0.4, -0.2) is 20.7 Å². The molecule has 2 N–H and O–H groups in total. The van der Waals surface area contributed by atoms with Gasteiger partial charge in [-0.2, -0.15) is 12.8 Å². The average Bonchev–Trinajstić information content (AvgIpc) is 3.17. The van der Waals surface area contributed by atoms with Gasteiger partial charge >= 0.3 is 6.36 Å². The number of nitrogens with zero attached hydrogens (tertiary/aromatic N) is 1. The Hall–Kier alpha value is -3.35. The largest absolute Gasteiger partial charge is 0.573 e. The Labute approximate surface area is 195 Å². The summed E-state index contributed by atoms with van der Waals surface area (Å²) < 4.78 is 81.9. The Morgan fingerprint density at radius 1 is 1.09 bits per heavy atom. The fraction of sp³-hybridized carbons (Fsp3) is 0.0952. The molecule has 34 heavy (non-hydrogen) atoms. The Morgan fingerprint density at radius 2 is 1.79 bits per heavy atom. The highest BCUT2D eigenvalue weighted by atomic mass is 35.5. The van der Waals surface area contributed by atoms with Gasteiger partial charge in [0.05, 0.1) is 21.2 Å². The molecule has 3 aromatic rings. The van der Waals surface area contributed by atoms with E-state index in [9.17, 15) is 30.8 Å².